The minimum atomic E-state index is -0.499. The first-order chi connectivity index (χ1) is 7.23. The van der Waals surface area contributed by atoms with E-state index < -0.39 is 4.92 Å². The molecule has 0 saturated carbocycles. The molecule has 0 aromatic heterocycles. The van der Waals surface area contributed by atoms with E-state index in [2.05, 4.69) is 0 Å². The zero-order chi connectivity index (χ0) is 12.5. The van der Waals surface area contributed by atoms with Gasteiger partial charge in [-0.1, -0.05) is 38.4 Å². The Hall–Kier alpha value is -0.840. The molecule has 6 heteroatoms. The van der Waals surface area contributed by atoms with Gasteiger partial charge in [0.2, 0.25) is 0 Å². The Morgan fingerprint density at radius 3 is 2.35 bits per heavy atom. The second-order valence-corrected chi connectivity index (χ2v) is 5.22. The van der Waals surface area contributed by atoms with Crippen LogP contribution in [0.5, 0.6) is 0 Å². The summed E-state index contributed by atoms with van der Waals surface area (Å²) in [6, 6.07) is 4.42. The van der Waals surface area contributed by atoms with Gasteiger partial charge in [0.1, 0.15) is 5.02 Å². The quantitative estimate of drug-likeness (QED) is 0.662. The number of nitro benzene ring substituents is 1. The maximum absolute atomic E-state index is 10.7. The van der Waals surface area contributed by atoms with Gasteiger partial charge in [0.25, 0.3) is 5.69 Å². The average molecular weight is 279 g/mol. The highest BCUT2D eigenvalue weighted by Gasteiger charge is 2.24. The third-order valence-electron chi connectivity index (χ3n) is 2.46. The molecule has 0 aliphatic carbocycles. The molecular weight excluding hydrogens is 263 g/mol. The van der Waals surface area contributed by atoms with Crippen molar-refractivity contribution in [2.24, 2.45) is 11.1 Å². The van der Waals surface area contributed by atoms with Crippen LogP contribution in [0.4, 0.5) is 5.69 Å². The molecular formula is C11H16Cl2N2O2. The maximum atomic E-state index is 10.7. The van der Waals surface area contributed by atoms with Crippen molar-refractivity contribution in [3.05, 3.63) is 38.9 Å². The van der Waals surface area contributed by atoms with Crippen LogP contribution in [0.3, 0.4) is 0 Å². The van der Waals surface area contributed by atoms with Gasteiger partial charge in [-0.3, -0.25) is 10.1 Å². The molecule has 2 N–H and O–H groups in total. The Labute approximate surface area is 112 Å². The van der Waals surface area contributed by atoms with Crippen molar-refractivity contribution in [3.63, 3.8) is 0 Å². The fraction of sp³-hybridized carbons (Fsp3) is 0.455. The van der Waals surface area contributed by atoms with Crippen molar-refractivity contribution < 1.29 is 4.92 Å². The van der Waals surface area contributed by atoms with Crippen molar-refractivity contribution in [1.29, 1.82) is 0 Å². The molecule has 0 heterocycles. The van der Waals surface area contributed by atoms with E-state index >= 15 is 0 Å². The van der Waals surface area contributed by atoms with Crippen LogP contribution < -0.4 is 5.73 Å². The van der Waals surface area contributed by atoms with Gasteiger partial charge in [-0.25, -0.2) is 0 Å². The number of halogens is 2. The molecule has 0 spiro atoms. The highest BCUT2D eigenvalue weighted by molar-refractivity contribution is 6.32. The maximum Gasteiger partial charge on any atom is 0.288 e. The van der Waals surface area contributed by atoms with Crippen LogP contribution in [0, 0.1) is 15.5 Å². The van der Waals surface area contributed by atoms with Crippen LogP contribution in [0.1, 0.15) is 32.4 Å². The lowest BCUT2D eigenvalue weighted by molar-refractivity contribution is -0.384. The molecule has 1 atom stereocenters. The zero-order valence-electron chi connectivity index (χ0n) is 9.94. The summed E-state index contributed by atoms with van der Waals surface area (Å²) in [4.78, 5) is 10.2. The summed E-state index contributed by atoms with van der Waals surface area (Å²) in [6.07, 6.45) is 0. The van der Waals surface area contributed by atoms with Gasteiger partial charge in [0, 0.05) is 12.1 Å². The fourth-order valence-electron chi connectivity index (χ4n) is 1.36. The first-order valence-electron chi connectivity index (χ1n) is 4.93. The molecule has 4 nitrogen and oxygen atoms in total. The molecule has 0 saturated heterocycles. The number of hydrogen-bond acceptors (Lipinski definition) is 3. The minimum Gasteiger partial charge on any atom is -0.324 e. The molecule has 0 unspecified atom stereocenters. The van der Waals surface area contributed by atoms with Crippen LogP contribution in [0.2, 0.25) is 5.02 Å². The lowest BCUT2D eigenvalue weighted by Crippen LogP contribution is -2.26. The standard InChI is InChI=1S/C11H15ClN2O2.ClH/c1-11(2,3)10(13)7-4-5-8(12)9(6-7)14(15)16;/h4-6,10H,13H2,1-3H3;1H/t10-;/m1./s1. The third kappa shape index (κ3) is 3.84. The van der Waals surface area contributed by atoms with Gasteiger partial charge in [0.15, 0.2) is 0 Å². The molecule has 1 aromatic rings. The van der Waals surface area contributed by atoms with Gasteiger partial charge < -0.3 is 5.73 Å². The Morgan fingerprint density at radius 2 is 1.94 bits per heavy atom. The molecule has 17 heavy (non-hydrogen) atoms. The predicted molar refractivity (Wildman–Crippen MR) is 71.7 cm³/mol. The third-order valence-corrected chi connectivity index (χ3v) is 2.78. The zero-order valence-corrected chi connectivity index (χ0v) is 11.5. The normalized spacial score (nSPS) is 12.8. The molecule has 0 aliphatic rings. The summed E-state index contributed by atoms with van der Waals surface area (Å²) in [5, 5.41) is 10.9. The second-order valence-electron chi connectivity index (χ2n) is 4.81. The smallest absolute Gasteiger partial charge is 0.288 e. The Bertz CT molecular complexity index is 416. The number of nitro groups is 1. The molecule has 96 valence electrons. The summed E-state index contributed by atoms with van der Waals surface area (Å²) in [7, 11) is 0. The SMILES string of the molecule is CC(C)(C)[C@H](N)c1ccc(Cl)c([N+](=O)[O-])c1.Cl. The van der Waals surface area contributed by atoms with Crippen molar-refractivity contribution in [2.75, 3.05) is 0 Å². The van der Waals surface area contributed by atoms with Crippen LogP contribution in [-0.2, 0) is 0 Å². The molecule has 1 aromatic carbocycles. The van der Waals surface area contributed by atoms with Crippen molar-refractivity contribution >= 4 is 29.7 Å². The second kappa shape index (κ2) is 5.67. The van der Waals surface area contributed by atoms with E-state index in [1.165, 1.54) is 12.1 Å². The fourth-order valence-corrected chi connectivity index (χ4v) is 1.55. The first kappa shape index (κ1) is 16.2. The highest BCUT2D eigenvalue weighted by atomic mass is 35.5. The monoisotopic (exact) mass is 278 g/mol. The largest absolute Gasteiger partial charge is 0.324 e. The molecule has 1 rings (SSSR count). The number of nitrogens with zero attached hydrogens (tertiary/aromatic N) is 1. The van der Waals surface area contributed by atoms with Crippen molar-refractivity contribution in [2.45, 2.75) is 26.8 Å². The predicted octanol–water partition coefficient (Wildman–Crippen LogP) is 3.72. The van der Waals surface area contributed by atoms with Gasteiger partial charge in [0.05, 0.1) is 4.92 Å². The minimum absolute atomic E-state index is 0. The Kier molecular flexibility index (Phi) is 5.39. The average Bonchev–Trinajstić information content (AvgIpc) is 2.15. The topological polar surface area (TPSA) is 69.2 Å². The van der Waals surface area contributed by atoms with E-state index in [-0.39, 0.29) is 34.6 Å². The highest BCUT2D eigenvalue weighted by Crippen LogP contribution is 2.34. The summed E-state index contributed by atoms with van der Waals surface area (Å²) in [5.74, 6) is 0. The van der Waals surface area contributed by atoms with Crippen LogP contribution in [0.25, 0.3) is 0 Å². The molecule has 0 radical (unpaired) electrons. The van der Waals surface area contributed by atoms with E-state index in [0.29, 0.717) is 0 Å². The van der Waals surface area contributed by atoms with E-state index in [4.69, 9.17) is 17.3 Å². The van der Waals surface area contributed by atoms with E-state index in [9.17, 15) is 10.1 Å². The summed E-state index contributed by atoms with van der Waals surface area (Å²) in [5.41, 5.74) is 6.50. The van der Waals surface area contributed by atoms with Gasteiger partial charge in [-0.05, 0) is 17.0 Å². The summed E-state index contributed by atoms with van der Waals surface area (Å²) in [6.45, 7) is 5.95. The van der Waals surface area contributed by atoms with Crippen LogP contribution in [-0.4, -0.2) is 4.92 Å². The van der Waals surface area contributed by atoms with E-state index in [1.54, 1.807) is 6.07 Å². The number of rotatable bonds is 2. The Morgan fingerprint density at radius 1 is 1.41 bits per heavy atom. The van der Waals surface area contributed by atoms with E-state index in [1.807, 2.05) is 20.8 Å². The lowest BCUT2D eigenvalue weighted by atomic mass is 9.83. The lowest BCUT2D eigenvalue weighted by Gasteiger charge is -2.27. The molecule has 0 fully saturated rings. The number of nitrogens with two attached hydrogens (primary N) is 1. The Balaban J connectivity index is 0.00000256. The van der Waals surface area contributed by atoms with Gasteiger partial charge >= 0.3 is 0 Å². The van der Waals surface area contributed by atoms with Crippen LogP contribution in [0.15, 0.2) is 18.2 Å². The van der Waals surface area contributed by atoms with Crippen molar-refractivity contribution in [3.8, 4) is 0 Å². The number of hydrogen-bond donors (Lipinski definition) is 1. The summed E-state index contributed by atoms with van der Waals surface area (Å²) >= 11 is 5.73. The summed E-state index contributed by atoms with van der Waals surface area (Å²) < 4.78 is 0. The van der Waals surface area contributed by atoms with Gasteiger partial charge in [-0.2, -0.15) is 0 Å². The molecule has 0 aliphatic heterocycles. The van der Waals surface area contributed by atoms with Crippen molar-refractivity contribution in [1.82, 2.24) is 0 Å². The van der Waals surface area contributed by atoms with Crippen LogP contribution >= 0.6 is 24.0 Å². The number of benzene rings is 1. The first-order valence-corrected chi connectivity index (χ1v) is 5.30. The van der Waals surface area contributed by atoms with E-state index in [0.717, 1.165) is 5.56 Å². The molecule has 0 bridgehead atoms. The molecule has 0 amide bonds. The van der Waals surface area contributed by atoms with Gasteiger partial charge in [-0.15, -0.1) is 12.4 Å².